The quantitative estimate of drug-likeness (QED) is 0.425. The predicted molar refractivity (Wildman–Crippen MR) is 105 cm³/mol. The standard InChI is InChI=1S/C19H10BrN3O3S/c20-12-5-3-11(4-6-12)14-8-7-13(26-14)10-16-18(24)23-19(27-16)21-17(22-23)15-2-1-9-25-15/h1-10H. The molecular weight excluding hydrogens is 430 g/mol. The molecule has 132 valence electrons. The number of aromatic nitrogens is 3. The third-order valence-electron chi connectivity index (χ3n) is 3.95. The van der Waals surface area contributed by atoms with Crippen molar-refractivity contribution in [2.75, 3.05) is 0 Å². The lowest BCUT2D eigenvalue weighted by Gasteiger charge is -1.96. The largest absolute Gasteiger partial charge is 0.461 e. The summed E-state index contributed by atoms with van der Waals surface area (Å²) in [6, 6.07) is 15.1. The van der Waals surface area contributed by atoms with Crippen LogP contribution in [0.1, 0.15) is 5.76 Å². The first kappa shape index (κ1) is 16.2. The van der Waals surface area contributed by atoms with E-state index in [1.165, 1.54) is 15.9 Å². The van der Waals surface area contributed by atoms with E-state index in [-0.39, 0.29) is 5.56 Å². The van der Waals surface area contributed by atoms with Crippen LogP contribution >= 0.6 is 27.3 Å². The summed E-state index contributed by atoms with van der Waals surface area (Å²) in [5.74, 6) is 2.26. The van der Waals surface area contributed by atoms with Gasteiger partial charge in [-0.1, -0.05) is 39.4 Å². The summed E-state index contributed by atoms with van der Waals surface area (Å²) in [4.78, 5) is 17.5. The van der Waals surface area contributed by atoms with Crippen molar-refractivity contribution in [2.24, 2.45) is 0 Å². The second kappa shape index (κ2) is 6.33. The van der Waals surface area contributed by atoms with Gasteiger partial charge in [0.1, 0.15) is 16.1 Å². The predicted octanol–water partition coefficient (Wildman–Crippen LogP) is 3.98. The van der Waals surface area contributed by atoms with Crippen LogP contribution in [-0.4, -0.2) is 14.6 Å². The molecule has 0 saturated carbocycles. The van der Waals surface area contributed by atoms with E-state index in [1.54, 1.807) is 24.5 Å². The van der Waals surface area contributed by atoms with Gasteiger partial charge in [0.15, 0.2) is 5.76 Å². The van der Waals surface area contributed by atoms with Crippen molar-refractivity contribution in [3.05, 3.63) is 79.9 Å². The smallest absolute Gasteiger partial charge is 0.291 e. The minimum absolute atomic E-state index is 0.234. The monoisotopic (exact) mass is 439 g/mol. The van der Waals surface area contributed by atoms with Crippen molar-refractivity contribution in [1.29, 1.82) is 0 Å². The lowest BCUT2D eigenvalue weighted by molar-refractivity contribution is 0.571. The van der Waals surface area contributed by atoms with Gasteiger partial charge in [-0.05, 0) is 36.4 Å². The van der Waals surface area contributed by atoms with Gasteiger partial charge in [-0.2, -0.15) is 9.50 Å². The van der Waals surface area contributed by atoms with Gasteiger partial charge in [0.05, 0.1) is 6.26 Å². The van der Waals surface area contributed by atoms with Crippen molar-refractivity contribution in [3.63, 3.8) is 0 Å². The first-order valence-corrected chi connectivity index (χ1v) is 9.59. The van der Waals surface area contributed by atoms with Crippen molar-refractivity contribution in [2.45, 2.75) is 0 Å². The van der Waals surface area contributed by atoms with Crippen LogP contribution in [0.25, 0.3) is 33.9 Å². The van der Waals surface area contributed by atoms with Crippen LogP contribution in [0.2, 0.25) is 0 Å². The van der Waals surface area contributed by atoms with E-state index in [1.807, 2.05) is 36.4 Å². The van der Waals surface area contributed by atoms with Crippen molar-refractivity contribution in [3.8, 4) is 22.9 Å². The fourth-order valence-corrected chi connectivity index (χ4v) is 3.83. The highest BCUT2D eigenvalue weighted by molar-refractivity contribution is 9.10. The van der Waals surface area contributed by atoms with E-state index < -0.39 is 0 Å². The van der Waals surface area contributed by atoms with E-state index in [2.05, 4.69) is 26.0 Å². The molecule has 0 atom stereocenters. The van der Waals surface area contributed by atoms with Crippen LogP contribution < -0.4 is 10.1 Å². The number of thiazole rings is 1. The molecular formula is C19H10BrN3O3S. The Labute approximate surface area is 164 Å². The van der Waals surface area contributed by atoms with E-state index in [4.69, 9.17) is 8.83 Å². The lowest BCUT2D eigenvalue weighted by atomic mass is 10.2. The van der Waals surface area contributed by atoms with Gasteiger partial charge in [0, 0.05) is 16.1 Å². The Balaban J connectivity index is 1.53. The lowest BCUT2D eigenvalue weighted by Crippen LogP contribution is -2.23. The van der Waals surface area contributed by atoms with Gasteiger partial charge in [-0.25, -0.2) is 0 Å². The Bertz CT molecular complexity index is 1350. The maximum atomic E-state index is 12.6. The van der Waals surface area contributed by atoms with Crippen LogP contribution in [-0.2, 0) is 0 Å². The number of fused-ring (bicyclic) bond motifs is 1. The Hall–Kier alpha value is -2.97. The molecule has 5 aromatic rings. The van der Waals surface area contributed by atoms with Crippen LogP contribution in [0, 0.1) is 0 Å². The minimum atomic E-state index is -0.234. The molecule has 0 amide bonds. The molecule has 0 aliphatic heterocycles. The zero-order valence-corrected chi connectivity index (χ0v) is 16.0. The first-order valence-electron chi connectivity index (χ1n) is 7.98. The van der Waals surface area contributed by atoms with Crippen molar-refractivity contribution < 1.29 is 8.83 Å². The van der Waals surface area contributed by atoms with Gasteiger partial charge in [-0.15, -0.1) is 5.10 Å². The molecule has 1 aromatic carbocycles. The fourth-order valence-electron chi connectivity index (χ4n) is 2.67. The Morgan fingerprint density at radius 2 is 1.93 bits per heavy atom. The third-order valence-corrected chi connectivity index (χ3v) is 5.44. The summed E-state index contributed by atoms with van der Waals surface area (Å²) in [6.07, 6.45) is 3.25. The number of hydrogen-bond acceptors (Lipinski definition) is 6. The van der Waals surface area contributed by atoms with E-state index in [0.29, 0.717) is 26.8 Å². The van der Waals surface area contributed by atoms with Gasteiger partial charge >= 0.3 is 0 Å². The second-order valence-electron chi connectivity index (χ2n) is 5.73. The molecule has 0 unspecified atom stereocenters. The Morgan fingerprint density at radius 1 is 1.07 bits per heavy atom. The molecule has 0 saturated heterocycles. The average molecular weight is 440 g/mol. The molecule has 4 heterocycles. The van der Waals surface area contributed by atoms with Crippen molar-refractivity contribution in [1.82, 2.24) is 14.6 Å². The molecule has 8 heteroatoms. The highest BCUT2D eigenvalue weighted by atomic mass is 79.9. The highest BCUT2D eigenvalue weighted by Gasteiger charge is 2.14. The minimum Gasteiger partial charge on any atom is -0.461 e. The molecule has 0 aliphatic rings. The summed E-state index contributed by atoms with van der Waals surface area (Å²) in [5.41, 5.74) is 0.729. The van der Waals surface area contributed by atoms with Crippen LogP contribution in [0.4, 0.5) is 0 Å². The maximum absolute atomic E-state index is 12.6. The van der Waals surface area contributed by atoms with E-state index in [0.717, 1.165) is 15.8 Å². The zero-order valence-electron chi connectivity index (χ0n) is 13.6. The van der Waals surface area contributed by atoms with Gasteiger partial charge < -0.3 is 8.83 Å². The Kier molecular flexibility index (Phi) is 3.80. The number of nitrogens with zero attached hydrogens (tertiary/aromatic N) is 3. The topological polar surface area (TPSA) is 73.5 Å². The fraction of sp³-hybridized carbons (Fsp3) is 0. The molecule has 0 radical (unpaired) electrons. The molecule has 0 spiro atoms. The number of halogens is 1. The molecule has 0 bridgehead atoms. The summed E-state index contributed by atoms with van der Waals surface area (Å²) in [6.45, 7) is 0. The number of benzene rings is 1. The summed E-state index contributed by atoms with van der Waals surface area (Å²) < 4.78 is 13.9. The number of hydrogen-bond donors (Lipinski definition) is 0. The molecule has 5 rings (SSSR count). The summed E-state index contributed by atoms with van der Waals surface area (Å²) in [5, 5.41) is 4.23. The normalized spacial score (nSPS) is 12.3. The van der Waals surface area contributed by atoms with Crippen LogP contribution in [0.3, 0.4) is 0 Å². The third kappa shape index (κ3) is 2.92. The van der Waals surface area contributed by atoms with Crippen LogP contribution in [0.5, 0.6) is 0 Å². The first-order chi connectivity index (χ1) is 13.2. The average Bonchev–Trinajstić information content (AvgIpc) is 3.43. The molecule has 27 heavy (non-hydrogen) atoms. The summed E-state index contributed by atoms with van der Waals surface area (Å²) >= 11 is 4.67. The number of rotatable bonds is 3. The van der Waals surface area contributed by atoms with Gasteiger partial charge in [0.25, 0.3) is 5.56 Å². The molecule has 4 aromatic heterocycles. The SMILES string of the molecule is O=c1c(=Cc2ccc(-c3ccc(Br)cc3)o2)sc2nc(-c3ccco3)nn12. The zero-order chi connectivity index (χ0) is 18.4. The van der Waals surface area contributed by atoms with Crippen LogP contribution in [0.15, 0.2) is 72.9 Å². The van der Waals surface area contributed by atoms with E-state index >= 15 is 0 Å². The number of furan rings is 2. The molecule has 0 N–H and O–H groups in total. The second-order valence-corrected chi connectivity index (χ2v) is 7.66. The molecule has 6 nitrogen and oxygen atoms in total. The maximum Gasteiger partial charge on any atom is 0.291 e. The highest BCUT2D eigenvalue weighted by Crippen LogP contribution is 2.24. The van der Waals surface area contributed by atoms with Gasteiger partial charge in [-0.3, -0.25) is 4.79 Å². The molecule has 0 fully saturated rings. The Morgan fingerprint density at radius 3 is 2.67 bits per heavy atom. The molecule has 0 aliphatic carbocycles. The summed E-state index contributed by atoms with van der Waals surface area (Å²) in [7, 11) is 0. The van der Waals surface area contributed by atoms with Gasteiger partial charge in [0.2, 0.25) is 10.8 Å². The van der Waals surface area contributed by atoms with Crippen molar-refractivity contribution >= 4 is 38.3 Å². The van der Waals surface area contributed by atoms with E-state index in [9.17, 15) is 4.79 Å².